The molecular formula is C20H21N3O3. The first kappa shape index (κ1) is 17.7. The second-order valence-electron chi connectivity index (χ2n) is 6.29. The summed E-state index contributed by atoms with van der Waals surface area (Å²) >= 11 is 0. The van der Waals surface area contributed by atoms with Crippen molar-refractivity contribution in [2.75, 3.05) is 0 Å². The van der Waals surface area contributed by atoms with Crippen molar-refractivity contribution in [3.63, 3.8) is 0 Å². The molecule has 3 aromatic rings. The fraction of sp³-hybridized carbons (Fsp3) is 0.250. The van der Waals surface area contributed by atoms with Crippen LogP contribution in [0.25, 0.3) is 10.8 Å². The predicted octanol–water partition coefficient (Wildman–Crippen LogP) is 2.65. The van der Waals surface area contributed by atoms with Crippen molar-refractivity contribution >= 4 is 16.7 Å². The lowest BCUT2D eigenvalue weighted by Crippen LogP contribution is -2.27. The number of benzene rings is 2. The molecule has 0 radical (unpaired) electrons. The van der Waals surface area contributed by atoms with Crippen LogP contribution in [0.1, 0.15) is 29.9 Å². The normalized spacial score (nSPS) is 10.9. The van der Waals surface area contributed by atoms with E-state index < -0.39 is 0 Å². The summed E-state index contributed by atoms with van der Waals surface area (Å²) in [6.45, 7) is 4.13. The number of carbonyl (C=O) groups excluding carboxylic acids is 1. The van der Waals surface area contributed by atoms with Crippen molar-refractivity contribution in [2.24, 2.45) is 7.05 Å². The van der Waals surface area contributed by atoms with Crippen LogP contribution in [0.4, 0.5) is 0 Å². The van der Waals surface area contributed by atoms with Gasteiger partial charge in [-0.3, -0.25) is 9.59 Å². The number of ether oxygens (including phenoxy) is 1. The zero-order valence-corrected chi connectivity index (χ0v) is 15.0. The third kappa shape index (κ3) is 3.74. The number of nitrogens with zero attached hydrogens (tertiary/aromatic N) is 2. The average molecular weight is 351 g/mol. The molecule has 0 spiro atoms. The Labute approximate surface area is 151 Å². The number of nitrogens with one attached hydrogen (secondary N) is 1. The van der Waals surface area contributed by atoms with E-state index in [2.05, 4.69) is 10.4 Å². The lowest BCUT2D eigenvalue weighted by Gasteiger charge is -2.11. The molecule has 3 rings (SSSR count). The van der Waals surface area contributed by atoms with Gasteiger partial charge in [0.25, 0.3) is 11.5 Å². The molecule has 0 fully saturated rings. The number of hydrogen-bond donors (Lipinski definition) is 1. The van der Waals surface area contributed by atoms with Gasteiger partial charge in [0.1, 0.15) is 5.75 Å². The van der Waals surface area contributed by atoms with E-state index in [4.69, 9.17) is 4.74 Å². The minimum Gasteiger partial charge on any atom is -0.491 e. The Kier molecular flexibility index (Phi) is 5.02. The van der Waals surface area contributed by atoms with Gasteiger partial charge in [-0.1, -0.05) is 18.2 Å². The molecule has 0 aliphatic rings. The van der Waals surface area contributed by atoms with Crippen LogP contribution in [-0.2, 0) is 13.6 Å². The number of carbonyl (C=O) groups is 1. The molecule has 1 N–H and O–H groups in total. The van der Waals surface area contributed by atoms with Crippen molar-refractivity contribution in [1.82, 2.24) is 15.1 Å². The standard InChI is InChI=1S/C20H21N3O3/c1-13(2)26-15-10-8-14(9-11-15)19(24)21-12-18-16-6-4-5-7-17(16)20(25)23(3)22-18/h4-11,13H,12H2,1-3H3,(H,21,24). The second-order valence-corrected chi connectivity index (χ2v) is 6.29. The lowest BCUT2D eigenvalue weighted by atomic mass is 10.1. The maximum absolute atomic E-state index is 12.4. The third-order valence-electron chi connectivity index (χ3n) is 3.94. The molecule has 134 valence electrons. The van der Waals surface area contributed by atoms with Crippen LogP contribution >= 0.6 is 0 Å². The Bertz CT molecular complexity index is 991. The van der Waals surface area contributed by atoms with Gasteiger partial charge in [0.15, 0.2) is 0 Å². The van der Waals surface area contributed by atoms with E-state index >= 15 is 0 Å². The molecule has 1 aromatic heterocycles. The molecule has 6 heteroatoms. The highest BCUT2D eigenvalue weighted by molar-refractivity contribution is 5.94. The SMILES string of the molecule is CC(C)Oc1ccc(C(=O)NCc2nn(C)c(=O)c3ccccc23)cc1. The Morgan fingerprint density at radius 3 is 2.42 bits per heavy atom. The Hall–Kier alpha value is -3.15. The van der Waals surface area contributed by atoms with E-state index in [9.17, 15) is 9.59 Å². The van der Waals surface area contributed by atoms with E-state index in [1.165, 1.54) is 4.68 Å². The van der Waals surface area contributed by atoms with Crippen molar-refractivity contribution in [3.05, 3.63) is 70.1 Å². The van der Waals surface area contributed by atoms with Crippen LogP contribution in [0.2, 0.25) is 0 Å². The molecule has 26 heavy (non-hydrogen) atoms. The molecule has 0 bridgehead atoms. The summed E-state index contributed by atoms with van der Waals surface area (Å²) < 4.78 is 6.87. The minimum atomic E-state index is -0.208. The van der Waals surface area contributed by atoms with Gasteiger partial charge in [0.05, 0.1) is 23.7 Å². The largest absolute Gasteiger partial charge is 0.491 e. The fourth-order valence-corrected chi connectivity index (χ4v) is 2.73. The van der Waals surface area contributed by atoms with Crippen molar-refractivity contribution in [3.8, 4) is 5.75 Å². The summed E-state index contributed by atoms with van der Waals surface area (Å²) in [5.74, 6) is 0.517. The Balaban J connectivity index is 1.77. The van der Waals surface area contributed by atoms with Gasteiger partial charge >= 0.3 is 0 Å². The molecule has 0 saturated carbocycles. The van der Waals surface area contributed by atoms with Crippen LogP contribution < -0.4 is 15.6 Å². The first-order chi connectivity index (χ1) is 12.5. The van der Waals surface area contributed by atoms with Gasteiger partial charge in [0.2, 0.25) is 0 Å². The van der Waals surface area contributed by atoms with Crippen LogP contribution in [0, 0.1) is 0 Å². The summed E-state index contributed by atoms with van der Waals surface area (Å²) in [6, 6.07) is 14.2. The molecular weight excluding hydrogens is 330 g/mol. The number of rotatable bonds is 5. The molecule has 0 atom stereocenters. The van der Waals surface area contributed by atoms with Crippen LogP contribution in [0.15, 0.2) is 53.3 Å². The monoisotopic (exact) mass is 351 g/mol. The molecule has 0 unspecified atom stereocenters. The molecule has 1 heterocycles. The van der Waals surface area contributed by atoms with E-state index in [1.807, 2.05) is 32.0 Å². The van der Waals surface area contributed by atoms with E-state index in [1.54, 1.807) is 37.4 Å². The highest BCUT2D eigenvalue weighted by atomic mass is 16.5. The number of hydrogen-bond acceptors (Lipinski definition) is 4. The maximum Gasteiger partial charge on any atom is 0.274 e. The van der Waals surface area contributed by atoms with E-state index in [0.717, 1.165) is 11.1 Å². The van der Waals surface area contributed by atoms with Crippen molar-refractivity contribution in [2.45, 2.75) is 26.5 Å². The topological polar surface area (TPSA) is 73.2 Å². The Morgan fingerprint density at radius 1 is 1.12 bits per heavy atom. The minimum absolute atomic E-state index is 0.0822. The van der Waals surface area contributed by atoms with Crippen LogP contribution in [0.5, 0.6) is 5.75 Å². The first-order valence-electron chi connectivity index (χ1n) is 8.45. The van der Waals surface area contributed by atoms with Crippen molar-refractivity contribution in [1.29, 1.82) is 0 Å². The number of amides is 1. The summed E-state index contributed by atoms with van der Waals surface area (Å²) in [5.41, 5.74) is 1.03. The molecule has 0 saturated heterocycles. The predicted molar refractivity (Wildman–Crippen MR) is 100 cm³/mol. The Morgan fingerprint density at radius 2 is 1.77 bits per heavy atom. The first-order valence-corrected chi connectivity index (χ1v) is 8.45. The second kappa shape index (κ2) is 7.39. The number of aryl methyl sites for hydroxylation is 1. The average Bonchev–Trinajstić information content (AvgIpc) is 2.63. The van der Waals surface area contributed by atoms with Gasteiger partial charge in [-0.2, -0.15) is 5.10 Å². The lowest BCUT2D eigenvalue weighted by molar-refractivity contribution is 0.0950. The molecule has 6 nitrogen and oxygen atoms in total. The van der Waals surface area contributed by atoms with Gasteiger partial charge in [-0.15, -0.1) is 0 Å². The zero-order chi connectivity index (χ0) is 18.7. The summed E-state index contributed by atoms with van der Waals surface area (Å²) in [6.07, 6.45) is 0.0822. The smallest absolute Gasteiger partial charge is 0.274 e. The van der Waals surface area contributed by atoms with Crippen LogP contribution in [0.3, 0.4) is 0 Å². The summed E-state index contributed by atoms with van der Waals surface area (Å²) in [7, 11) is 1.60. The van der Waals surface area contributed by atoms with Crippen molar-refractivity contribution < 1.29 is 9.53 Å². The molecule has 1 amide bonds. The van der Waals surface area contributed by atoms with E-state index in [-0.39, 0.29) is 24.1 Å². The quantitative estimate of drug-likeness (QED) is 0.767. The summed E-state index contributed by atoms with van der Waals surface area (Å²) in [4.78, 5) is 24.5. The molecule has 0 aliphatic carbocycles. The van der Waals surface area contributed by atoms with Crippen LogP contribution in [-0.4, -0.2) is 21.8 Å². The number of aromatic nitrogens is 2. The highest BCUT2D eigenvalue weighted by Gasteiger charge is 2.11. The zero-order valence-electron chi connectivity index (χ0n) is 15.0. The van der Waals surface area contributed by atoms with Gasteiger partial charge in [-0.05, 0) is 44.2 Å². The summed E-state index contributed by atoms with van der Waals surface area (Å²) in [5, 5.41) is 8.47. The van der Waals surface area contributed by atoms with Gasteiger partial charge in [-0.25, -0.2) is 4.68 Å². The molecule has 2 aromatic carbocycles. The van der Waals surface area contributed by atoms with E-state index in [0.29, 0.717) is 16.6 Å². The molecule has 0 aliphatic heterocycles. The third-order valence-corrected chi connectivity index (χ3v) is 3.94. The fourth-order valence-electron chi connectivity index (χ4n) is 2.73. The highest BCUT2D eigenvalue weighted by Crippen LogP contribution is 2.15. The maximum atomic E-state index is 12.4. The number of fused-ring (bicyclic) bond motifs is 1. The van der Waals surface area contributed by atoms with Gasteiger partial charge in [0, 0.05) is 18.0 Å². The van der Waals surface area contributed by atoms with Gasteiger partial charge < -0.3 is 10.1 Å².